The van der Waals surface area contributed by atoms with Gasteiger partial charge in [-0.25, -0.2) is 0 Å². The molecule has 2 atom stereocenters. The Morgan fingerprint density at radius 1 is 0.517 bits per heavy atom. The van der Waals surface area contributed by atoms with E-state index < -0.39 is 32.5 Å². The standard InChI is InChI=1S/C50H82NO8P/c1-6-8-10-12-14-16-18-20-22-24-25-27-28-30-32-34-36-38-40-42-49(52)56-46-48(47-58-60(54,55)57-45-44-51(3,4)5)59-50(53)43-41-39-37-35-33-31-29-26-23-21-19-17-15-13-11-9-7-2/h8-11,14-17,20-23,25,27,29-32,48H,6-7,12-13,18-19,24,26,28,33-47H2,1-5H3/b10-8-,11-9-,16-14-,17-15-,22-20-,23-21-,27-25-,31-29-,32-30-/t48-/m1/s1. The van der Waals surface area contributed by atoms with Gasteiger partial charge in [-0.05, 0) is 96.3 Å². The quantitative estimate of drug-likeness (QED) is 0.0198. The highest BCUT2D eigenvalue weighted by atomic mass is 31.2. The second kappa shape index (κ2) is 41.0. The van der Waals surface area contributed by atoms with E-state index in [0.29, 0.717) is 23.9 Å². The molecule has 340 valence electrons. The van der Waals surface area contributed by atoms with Crippen molar-refractivity contribution >= 4 is 19.8 Å². The summed E-state index contributed by atoms with van der Waals surface area (Å²) in [6.07, 6.45) is 55.4. The van der Waals surface area contributed by atoms with Crippen LogP contribution in [0.3, 0.4) is 0 Å². The molecule has 60 heavy (non-hydrogen) atoms. The number of esters is 2. The normalized spacial score (nSPS) is 14.6. The van der Waals surface area contributed by atoms with Crippen LogP contribution in [-0.4, -0.2) is 70.0 Å². The Labute approximate surface area is 366 Å². The van der Waals surface area contributed by atoms with E-state index in [9.17, 15) is 19.0 Å². The zero-order valence-electron chi connectivity index (χ0n) is 38.1. The Morgan fingerprint density at radius 2 is 0.900 bits per heavy atom. The van der Waals surface area contributed by atoms with Crippen molar-refractivity contribution in [1.82, 2.24) is 0 Å². The van der Waals surface area contributed by atoms with Crippen molar-refractivity contribution in [3.05, 3.63) is 109 Å². The SMILES string of the molecule is CC/C=C\C/C=C\C/C=C\C/C=C\C/C=C\CCCCCC(=O)OC[C@H](COP(=O)([O-])OCC[N+](C)(C)C)OC(=O)CCCCCC/C=C\C/C=C\C/C=C\C/C=C\CC. The van der Waals surface area contributed by atoms with Crippen molar-refractivity contribution in [2.75, 3.05) is 47.5 Å². The Hall–Kier alpha value is -3.33. The molecule has 0 saturated heterocycles. The topological polar surface area (TPSA) is 111 Å². The first-order chi connectivity index (χ1) is 29.0. The third-order valence-electron chi connectivity index (χ3n) is 8.79. The maximum atomic E-state index is 12.7. The average Bonchev–Trinajstić information content (AvgIpc) is 3.20. The molecular weight excluding hydrogens is 774 g/mol. The van der Waals surface area contributed by atoms with Crippen LogP contribution < -0.4 is 4.89 Å². The number of carbonyl (C=O) groups excluding carboxylic acids is 2. The summed E-state index contributed by atoms with van der Waals surface area (Å²) in [5, 5.41) is 0. The van der Waals surface area contributed by atoms with Crippen LogP contribution in [0.1, 0.15) is 142 Å². The van der Waals surface area contributed by atoms with Crippen LogP contribution >= 0.6 is 7.82 Å². The molecule has 0 spiro atoms. The van der Waals surface area contributed by atoms with Crippen molar-refractivity contribution in [3.8, 4) is 0 Å². The summed E-state index contributed by atoms with van der Waals surface area (Å²) < 4.78 is 33.9. The molecule has 0 amide bonds. The molecule has 0 fully saturated rings. The number of hydrogen-bond donors (Lipinski definition) is 0. The van der Waals surface area contributed by atoms with E-state index in [0.717, 1.165) is 103 Å². The van der Waals surface area contributed by atoms with Gasteiger partial charge in [-0.15, -0.1) is 0 Å². The summed E-state index contributed by atoms with van der Waals surface area (Å²) in [5.41, 5.74) is 0. The van der Waals surface area contributed by atoms with Crippen LogP contribution in [0.15, 0.2) is 109 Å². The van der Waals surface area contributed by atoms with Crippen LogP contribution in [0.25, 0.3) is 0 Å². The third-order valence-corrected chi connectivity index (χ3v) is 9.75. The van der Waals surface area contributed by atoms with E-state index in [4.69, 9.17) is 18.5 Å². The van der Waals surface area contributed by atoms with E-state index in [1.54, 1.807) is 0 Å². The molecule has 0 radical (unpaired) electrons. The minimum absolute atomic E-state index is 0.0485. The number of rotatable bonds is 39. The molecule has 0 aromatic rings. The van der Waals surface area contributed by atoms with Gasteiger partial charge in [0.25, 0.3) is 7.82 Å². The van der Waals surface area contributed by atoms with E-state index in [2.05, 4.69) is 123 Å². The molecule has 0 aliphatic heterocycles. The predicted octanol–water partition coefficient (Wildman–Crippen LogP) is 12.5. The lowest BCUT2D eigenvalue weighted by Crippen LogP contribution is -2.37. The number of hydrogen-bond acceptors (Lipinski definition) is 8. The molecule has 0 aromatic heterocycles. The first kappa shape index (κ1) is 56.7. The number of likely N-dealkylation sites (N-methyl/N-ethyl adjacent to an activating group) is 1. The lowest BCUT2D eigenvalue weighted by molar-refractivity contribution is -0.870. The Balaban J connectivity index is 4.48. The van der Waals surface area contributed by atoms with Crippen molar-refractivity contribution < 1.29 is 42.1 Å². The van der Waals surface area contributed by atoms with Crippen molar-refractivity contribution in [3.63, 3.8) is 0 Å². The second-order valence-electron chi connectivity index (χ2n) is 15.6. The Kier molecular flexibility index (Phi) is 38.8. The van der Waals surface area contributed by atoms with Gasteiger partial charge in [0.15, 0.2) is 6.10 Å². The van der Waals surface area contributed by atoms with Crippen molar-refractivity contribution in [2.24, 2.45) is 0 Å². The minimum Gasteiger partial charge on any atom is -0.756 e. The fraction of sp³-hybridized carbons (Fsp3) is 0.600. The molecule has 10 heteroatoms. The number of quaternary nitrogens is 1. The van der Waals surface area contributed by atoms with Crippen LogP contribution in [0.5, 0.6) is 0 Å². The molecule has 0 saturated carbocycles. The predicted molar refractivity (Wildman–Crippen MR) is 249 cm³/mol. The van der Waals surface area contributed by atoms with Crippen LogP contribution in [0.2, 0.25) is 0 Å². The lowest BCUT2D eigenvalue weighted by atomic mass is 10.1. The Morgan fingerprint density at radius 3 is 1.33 bits per heavy atom. The number of nitrogens with zero attached hydrogens (tertiary/aromatic N) is 1. The number of phosphoric acid groups is 1. The molecule has 9 nitrogen and oxygen atoms in total. The van der Waals surface area contributed by atoms with Gasteiger partial charge in [-0.1, -0.05) is 142 Å². The van der Waals surface area contributed by atoms with E-state index in [1.807, 2.05) is 21.1 Å². The zero-order chi connectivity index (χ0) is 44.3. The highest BCUT2D eigenvalue weighted by Gasteiger charge is 2.21. The average molecular weight is 856 g/mol. The summed E-state index contributed by atoms with van der Waals surface area (Å²) in [4.78, 5) is 37.6. The van der Waals surface area contributed by atoms with Gasteiger partial charge in [-0.2, -0.15) is 0 Å². The number of phosphoric ester groups is 1. The van der Waals surface area contributed by atoms with Crippen LogP contribution in [0, 0.1) is 0 Å². The van der Waals surface area contributed by atoms with Gasteiger partial charge >= 0.3 is 11.9 Å². The van der Waals surface area contributed by atoms with E-state index >= 15 is 0 Å². The lowest BCUT2D eigenvalue weighted by Gasteiger charge is -2.28. The maximum Gasteiger partial charge on any atom is 0.306 e. The summed E-state index contributed by atoms with van der Waals surface area (Å²) in [5.74, 6) is -0.913. The molecule has 0 aromatic carbocycles. The fourth-order valence-corrected chi connectivity index (χ4v) is 6.05. The summed E-state index contributed by atoms with van der Waals surface area (Å²) >= 11 is 0. The van der Waals surface area contributed by atoms with Gasteiger partial charge < -0.3 is 27.9 Å². The van der Waals surface area contributed by atoms with E-state index in [-0.39, 0.29) is 26.1 Å². The number of carbonyl (C=O) groups is 2. The maximum absolute atomic E-state index is 12.7. The van der Waals surface area contributed by atoms with Gasteiger partial charge in [0.2, 0.25) is 0 Å². The second-order valence-corrected chi connectivity index (χ2v) is 17.1. The first-order valence-electron chi connectivity index (χ1n) is 22.6. The molecule has 0 N–H and O–H groups in total. The number of allylic oxidation sites excluding steroid dienone is 18. The monoisotopic (exact) mass is 856 g/mol. The van der Waals surface area contributed by atoms with Gasteiger partial charge in [-0.3, -0.25) is 14.2 Å². The smallest absolute Gasteiger partial charge is 0.306 e. The number of ether oxygens (including phenoxy) is 2. The molecule has 1 unspecified atom stereocenters. The minimum atomic E-state index is -4.65. The van der Waals surface area contributed by atoms with Crippen molar-refractivity contribution in [1.29, 1.82) is 0 Å². The van der Waals surface area contributed by atoms with Gasteiger partial charge in [0.1, 0.15) is 19.8 Å². The summed E-state index contributed by atoms with van der Waals surface area (Å²) in [6, 6.07) is 0. The number of unbranched alkanes of at least 4 members (excludes halogenated alkanes) is 7. The highest BCUT2D eigenvalue weighted by molar-refractivity contribution is 7.45. The highest BCUT2D eigenvalue weighted by Crippen LogP contribution is 2.38. The van der Waals surface area contributed by atoms with Gasteiger partial charge in [0, 0.05) is 12.8 Å². The third kappa shape index (κ3) is 44.2. The molecule has 0 aliphatic rings. The molecular formula is C50H82NO8P. The summed E-state index contributed by atoms with van der Waals surface area (Å²) in [7, 11) is 1.11. The first-order valence-corrected chi connectivity index (χ1v) is 24.1. The fourth-order valence-electron chi connectivity index (χ4n) is 5.32. The van der Waals surface area contributed by atoms with Crippen molar-refractivity contribution in [2.45, 2.75) is 148 Å². The van der Waals surface area contributed by atoms with Gasteiger partial charge in [0.05, 0.1) is 27.7 Å². The molecule has 0 bridgehead atoms. The zero-order valence-corrected chi connectivity index (χ0v) is 39.0. The molecule has 0 heterocycles. The van der Waals surface area contributed by atoms with E-state index in [1.165, 1.54) is 0 Å². The van der Waals surface area contributed by atoms with Crippen LogP contribution in [0.4, 0.5) is 0 Å². The Bertz CT molecular complexity index is 1380. The molecule has 0 aliphatic carbocycles. The molecule has 0 rings (SSSR count). The largest absolute Gasteiger partial charge is 0.756 e. The summed E-state index contributed by atoms with van der Waals surface area (Å²) in [6.45, 7) is 3.90. The van der Waals surface area contributed by atoms with Crippen LogP contribution in [-0.2, 0) is 32.7 Å².